The molecule has 18 heavy (non-hydrogen) atoms. The van der Waals surface area contributed by atoms with Crippen molar-refractivity contribution in [2.75, 3.05) is 13.2 Å². The smallest absolute Gasteiger partial charge is 0.336 e. The summed E-state index contributed by atoms with van der Waals surface area (Å²) in [5, 5.41) is 11.8. The van der Waals surface area contributed by atoms with E-state index in [0.717, 1.165) is 19.4 Å². The predicted molar refractivity (Wildman–Crippen MR) is 64.7 cm³/mol. The fourth-order valence-corrected chi connectivity index (χ4v) is 1.99. The first kappa shape index (κ1) is 12.6. The number of hydrogen-bond donors (Lipinski definition) is 2. The molecule has 1 heterocycles. The van der Waals surface area contributed by atoms with Gasteiger partial charge in [0, 0.05) is 6.61 Å². The highest BCUT2D eigenvalue weighted by molar-refractivity contribution is 6.04. The first-order valence-electron chi connectivity index (χ1n) is 5.89. The molecule has 0 spiro atoms. The van der Waals surface area contributed by atoms with E-state index in [4.69, 9.17) is 9.84 Å². The van der Waals surface area contributed by atoms with E-state index in [1.54, 1.807) is 12.1 Å². The molecular formula is C13H15NO4. The molecular weight excluding hydrogens is 234 g/mol. The molecule has 0 aromatic heterocycles. The van der Waals surface area contributed by atoms with Gasteiger partial charge in [-0.25, -0.2) is 4.79 Å². The predicted octanol–water partition coefficient (Wildman–Crippen LogP) is 1.29. The third-order valence-corrected chi connectivity index (χ3v) is 2.90. The summed E-state index contributed by atoms with van der Waals surface area (Å²) in [6.45, 7) is 1.21. The van der Waals surface area contributed by atoms with Crippen LogP contribution in [0, 0.1) is 0 Å². The van der Waals surface area contributed by atoms with E-state index in [1.807, 2.05) is 0 Å². The molecule has 1 amide bonds. The SMILES string of the molecule is O=C(O)c1ccccc1C(=O)NC1CCCOC1. The van der Waals surface area contributed by atoms with Crippen LogP contribution in [0.3, 0.4) is 0 Å². The largest absolute Gasteiger partial charge is 0.478 e. The minimum absolute atomic E-state index is 0.0201. The van der Waals surface area contributed by atoms with Crippen LogP contribution >= 0.6 is 0 Å². The molecule has 1 aromatic carbocycles. The summed E-state index contributed by atoms with van der Waals surface area (Å²) in [5.41, 5.74) is 0.210. The van der Waals surface area contributed by atoms with Gasteiger partial charge in [0.15, 0.2) is 0 Å². The number of ether oxygens (including phenoxy) is 1. The van der Waals surface area contributed by atoms with E-state index in [2.05, 4.69) is 5.32 Å². The van der Waals surface area contributed by atoms with Crippen molar-refractivity contribution in [3.05, 3.63) is 35.4 Å². The van der Waals surface area contributed by atoms with E-state index in [0.29, 0.717) is 6.61 Å². The van der Waals surface area contributed by atoms with Crippen LogP contribution in [0.15, 0.2) is 24.3 Å². The van der Waals surface area contributed by atoms with Crippen LogP contribution in [-0.2, 0) is 4.74 Å². The van der Waals surface area contributed by atoms with Crippen LogP contribution in [-0.4, -0.2) is 36.2 Å². The summed E-state index contributed by atoms with van der Waals surface area (Å²) in [5.74, 6) is -1.45. The topological polar surface area (TPSA) is 75.6 Å². The molecule has 5 heteroatoms. The summed E-state index contributed by atoms with van der Waals surface area (Å²) in [7, 11) is 0. The maximum atomic E-state index is 12.0. The lowest BCUT2D eigenvalue weighted by Crippen LogP contribution is -2.41. The summed E-state index contributed by atoms with van der Waals surface area (Å²) < 4.78 is 5.27. The van der Waals surface area contributed by atoms with Gasteiger partial charge in [0.1, 0.15) is 0 Å². The average Bonchev–Trinajstić information content (AvgIpc) is 2.40. The Morgan fingerprint density at radius 1 is 1.28 bits per heavy atom. The van der Waals surface area contributed by atoms with Gasteiger partial charge in [-0.1, -0.05) is 12.1 Å². The fraction of sp³-hybridized carbons (Fsp3) is 0.385. The zero-order valence-electron chi connectivity index (χ0n) is 9.89. The Hall–Kier alpha value is -1.88. The van der Waals surface area contributed by atoms with Gasteiger partial charge >= 0.3 is 5.97 Å². The summed E-state index contributed by atoms with van der Waals surface area (Å²) >= 11 is 0. The minimum Gasteiger partial charge on any atom is -0.478 e. The van der Waals surface area contributed by atoms with Gasteiger partial charge in [-0.3, -0.25) is 4.79 Å². The number of aromatic carboxylic acids is 1. The number of carboxylic acid groups (broad SMARTS) is 1. The van der Waals surface area contributed by atoms with Gasteiger partial charge in [-0.2, -0.15) is 0 Å². The van der Waals surface area contributed by atoms with Gasteiger partial charge in [-0.05, 0) is 25.0 Å². The Morgan fingerprint density at radius 3 is 2.61 bits per heavy atom. The molecule has 1 aliphatic rings. The number of carbonyl (C=O) groups is 2. The maximum absolute atomic E-state index is 12.0. The number of carbonyl (C=O) groups excluding carboxylic acids is 1. The van der Waals surface area contributed by atoms with E-state index in [1.165, 1.54) is 12.1 Å². The van der Waals surface area contributed by atoms with Crippen molar-refractivity contribution in [3.8, 4) is 0 Å². The normalized spacial score (nSPS) is 19.2. The lowest BCUT2D eigenvalue weighted by atomic mass is 10.1. The van der Waals surface area contributed by atoms with Crippen molar-refractivity contribution in [1.29, 1.82) is 0 Å². The maximum Gasteiger partial charge on any atom is 0.336 e. The number of carboxylic acids is 1. The molecule has 2 N–H and O–H groups in total. The quantitative estimate of drug-likeness (QED) is 0.846. The first-order valence-corrected chi connectivity index (χ1v) is 5.89. The molecule has 0 bridgehead atoms. The molecule has 0 aliphatic carbocycles. The lowest BCUT2D eigenvalue weighted by Gasteiger charge is -2.23. The van der Waals surface area contributed by atoms with E-state index < -0.39 is 5.97 Å². The monoisotopic (exact) mass is 249 g/mol. The van der Waals surface area contributed by atoms with Crippen molar-refractivity contribution in [2.24, 2.45) is 0 Å². The Balaban J connectivity index is 2.10. The molecule has 1 saturated heterocycles. The molecule has 1 unspecified atom stereocenters. The van der Waals surface area contributed by atoms with Gasteiger partial charge in [-0.15, -0.1) is 0 Å². The number of amides is 1. The Morgan fingerprint density at radius 2 is 2.00 bits per heavy atom. The second kappa shape index (κ2) is 5.64. The van der Waals surface area contributed by atoms with Crippen LogP contribution in [0.2, 0.25) is 0 Å². The fourth-order valence-electron chi connectivity index (χ4n) is 1.99. The molecule has 0 radical (unpaired) electrons. The lowest BCUT2D eigenvalue weighted by molar-refractivity contribution is 0.0616. The second-order valence-corrected chi connectivity index (χ2v) is 4.24. The van der Waals surface area contributed by atoms with Crippen LogP contribution < -0.4 is 5.32 Å². The average molecular weight is 249 g/mol. The van der Waals surface area contributed by atoms with Crippen molar-refractivity contribution in [1.82, 2.24) is 5.32 Å². The van der Waals surface area contributed by atoms with Gasteiger partial charge in [0.25, 0.3) is 5.91 Å². The summed E-state index contributed by atoms with van der Waals surface area (Å²) in [6.07, 6.45) is 1.77. The second-order valence-electron chi connectivity index (χ2n) is 4.24. The molecule has 1 fully saturated rings. The van der Waals surface area contributed by atoms with Crippen molar-refractivity contribution >= 4 is 11.9 Å². The van der Waals surface area contributed by atoms with Crippen LogP contribution in [0.25, 0.3) is 0 Å². The molecule has 2 rings (SSSR count). The van der Waals surface area contributed by atoms with E-state index in [-0.39, 0.29) is 23.1 Å². The Bertz CT molecular complexity index is 452. The Kier molecular flexibility index (Phi) is 3.94. The molecule has 96 valence electrons. The minimum atomic E-state index is -1.10. The first-order chi connectivity index (χ1) is 8.68. The number of benzene rings is 1. The summed E-state index contributed by atoms with van der Waals surface area (Å²) in [6, 6.07) is 6.16. The highest BCUT2D eigenvalue weighted by Gasteiger charge is 2.20. The van der Waals surface area contributed by atoms with Crippen molar-refractivity contribution in [2.45, 2.75) is 18.9 Å². The van der Waals surface area contributed by atoms with Crippen molar-refractivity contribution in [3.63, 3.8) is 0 Å². The van der Waals surface area contributed by atoms with Gasteiger partial charge in [0.2, 0.25) is 0 Å². The zero-order chi connectivity index (χ0) is 13.0. The number of rotatable bonds is 3. The molecule has 1 atom stereocenters. The molecule has 1 aromatic rings. The van der Waals surface area contributed by atoms with Crippen molar-refractivity contribution < 1.29 is 19.4 Å². The highest BCUT2D eigenvalue weighted by atomic mass is 16.5. The van der Waals surface area contributed by atoms with Crippen LogP contribution in [0.4, 0.5) is 0 Å². The third-order valence-electron chi connectivity index (χ3n) is 2.90. The van der Waals surface area contributed by atoms with Gasteiger partial charge in [0.05, 0.1) is 23.8 Å². The number of hydrogen-bond acceptors (Lipinski definition) is 3. The van der Waals surface area contributed by atoms with E-state index in [9.17, 15) is 9.59 Å². The highest BCUT2D eigenvalue weighted by Crippen LogP contribution is 2.11. The standard InChI is InChI=1S/C13H15NO4/c15-12(14-9-4-3-7-18-8-9)10-5-1-2-6-11(10)13(16)17/h1-2,5-6,9H,3-4,7-8H2,(H,14,15)(H,16,17). The molecule has 0 saturated carbocycles. The molecule has 1 aliphatic heterocycles. The third kappa shape index (κ3) is 2.87. The van der Waals surface area contributed by atoms with Crippen LogP contribution in [0.1, 0.15) is 33.6 Å². The summed E-state index contributed by atoms with van der Waals surface area (Å²) in [4.78, 5) is 23.0. The number of nitrogens with one attached hydrogen (secondary N) is 1. The van der Waals surface area contributed by atoms with Crippen LogP contribution in [0.5, 0.6) is 0 Å². The van der Waals surface area contributed by atoms with Gasteiger partial charge < -0.3 is 15.2 Å². The Labute approximate surface area is 105 Å². The zero-order valence-corrected chi connectivity index (χ0v) is 9.89. The molecule has 5 nitrogen and oxygen atoms in total. The van der Waals surface area contributed by atoms with E-state index >= 15 is 0 Å².